The number of pyridine rings is 1. The summed E-state index contributed by atoms with van der Waals surface area (Å²) >= 11 is 0. The van der Waals surface area contributed by atoms with E-state index < -0.39 is 0 Å². The normalized spacial score (nSPS) is 11.4. The molecular formula is C14H18N4O3. The van der Waals surface area contributed by atoms with Crippen LogP contribution in [0.1, 0.15) is 38.9 Å². The number of aromatic nitrogens is 3. The average molecular weight is 290 g/mol. The lowest BCUT2D eigenvalue weighted by Gasteiger charge is -2.10. The SMILES string of the molecule is CC(C)(C)c1noc(CCC(=O)Nc2ncccc2O)n1. The standard InChI is InChI=1S/C14H18N4O3/c1-14(2,3)13-17-11(21-18-13)7-6-10(20)16-12-9(19)5-4-8-15-12/h4-5,8,19H,6-7H2,1-3H3,(H,15,16,20). The van der Waals surface area contributed by atoms with Crippen LogP contribution < -0.4 is 5.32 Å². The molecule has 2 heterocycles. The molecule has 2 aromatic heterocycles. The van der Waals surface area contributed by atoms with Gasteiger partial charge in [-0.05, 0) is 12.1 Å². The van der Waals surface area contributed by atoms with Crippen LogP contribution >= 0.6 is 0 Å². The predicted molar refractivity (Wildman–Crippen MR) is 75.9 cm³/mol. The van der Waals surface area contributed by atoms with E-state index in [0.717, 1.165) is 0 Å². The van der Waals surface area contributed by atoms with E-state index in [9.17, 15) is 9.90 Å². The van der Waals surface area contributed by atoms with Crippen LogP contribution in [-0.4, -0.2) is 26.1 Å². The highest BCUT2D eigenvalue weighted by Gasteiger charge is 2.21. The van der Waals surface area contributed by atoms with Crippen molar-refractivity contribution >= 4 is 11.7 Å². The molecule has 0 bridgehead atoms. The molecule has 7 nitrogen and oxygen atoms in total. The Balaban J connectivity index is 1.90. The van der Waals surface area contributed by atoms with E-state index >= 15 is 0 Å². The number of nitrogens with zero attached hydrogens (tertiary/aromatic N) is 3. The van der Waals surface area contributed by atoms with Gasteiger partial charge in [0.15, 0.2) is 17.4 Å². The van der Waals surface area contributed by atoms with Crippen molar-refractivity contribution in [2.45, 2.75) is 39.0 Å². The predicted octanol–water partition coefficient (Wildman–Crippen LogP) is 2.04. The first-order chi connectivity index (χ1) is 9.86. The molecule has 0 saturated carbocycles. The summed E-state index contributed by atoms with van der Waals surface area (Å²) in [5, 5.41) is 15.9. The molecular weight excluding hydrogens is 272 g/mol. The van der Waals surface area contributed by atoms with Crippen molar-refractivity contribution in [1.82, 2.24) is 15.1 Å². The third-order valence-corrected chi connectivity index (χ3v) is 2.75. The number of amides is 1. The number of carbonyl (C=O) groups is 1. The summed E-state index contributed by atoms with van der Waals surface area (Å²) in [7, 11) is 0. The number of nitrogens with one attached hydrogen (secondary N) is 1. The van der Waals surface area contributed by atoms with Gasteiger partial charge in [-0.15, -0.1) is 0 Å². The Morgan fingerprint density at radius 3 is 2.81 bits per heavy atom. The fraction of sp³-hybridized carbons (Fsp3) is 0.429. The van der Waals surface area contributed by atoms with Gasteiger partial charge in [-0.1, -0.05) is 25.9 Å². The van der Waals surface area contributed by atoms with Gasteiger partial charge in [0.1, 0.15) is 0 Å². The molecule has 2 N–H and O–H groups in total. The molecule has 1 amide bonds. The minimum atomic E-state index is -0.278. The van der Waals surface area contributed by atoms with Gasteiger partial charge in [0.2, 0.25) is 11.8 Å². The monoisotopic (exact) mass is 290 g/mol. The maximum Gasteiger partial charge on any atom is 0.227 e. The number of rotatable bonds is 4. The highest BCUT2D eigenvalue weighted by molar-refractivity contribution is 5.91. The zero-order chi connectivity index (χ0) is 15.5. The van der Waals surface area contributed by atoms with Gasteiger partial charge in [-0.2, -0.15) is 4.98 Å². The quantitative estimate of drug-likeness (QED) is 0.893. The molecule has 21 heavy (non-hydrogen) atoms. The van der Waals surface area contributed by atoms with Crippen molar-refractivity contribution < 1.29 is 14.4 Å². The molecule has 2 rings (SSSR count). The van der Waals surface area contributed by atoms with Crippen LogP contribution in [0.3, 0.4) is 0 Å². The van der Waals surface area contributed by atoms with E-state index in [0.29, 0.717) is 18.1 Å². The van der Waals surface area contributed by atoms with Crippen LogP contribution in [0, 0.1) is 0 Å². The van der Waals surface area contributed by atoms with Crippen LogP contribution in [0.15, 0.2) is 22.9 Å². The lowest BCUT2D eigenvalue weighted by Crippen LogP contribution is -2.14. The van der Waals surface area contributed by atoms with Crippen LogP contribution in [-0.2, 0) is 16.6 Å². The fourth-order valence-corrected chi connectivity index (χ4v) is 1.57. The van der Waals surface area contributed by atoms with Crippen molar-refractivity contribution in [3.8, 4) is 5.75 Å². The van der Waals surface area contributed by atoms with E-state index in [1.165, 1.54) is 12.3 Å². The van der Waals surface area contributed by atoms with Gasteiger partial charge in [-0.25, -0.2) is 4.98 Å². The number of hydrogen-bond donors (Lipinski definition) is 2. The fourth-order valence-electron chi connectivity index (χ4n) is 1.57. The Morgan fingerprint density at radius 1 is 1.43 bits per heavy atom. The van der Waals surface area contributed by atoms with Crippen molar-refractivity contribution in [2.75, 3.05) is 5.32 Å². The largest absolute Gasteiger partial charge is 0.504 e. The summed E-state index contributed by atoms with van der Waals surface area (Å²) in [6.45, 7) is 5.95. The van der Waals surface area contributed by atoms with Crippen LogP contribution in [0.4, 0.5) is 5.82 Å². The van der Waals surface area contributed by atoms with Gasteiger partial charge in [0, 0.05) is 24.5 Å². The Labute approximate surface area is 122 Å². The molecule has 0 atom stereocenters. The summed E-state index contributed by atoms with van der Waals surface area (Å²) < 4.78 is 5.11. The van der Waals surface area contributed by atoms with Gasteiger partial charge in [0.25, 0.3) is 0 Å². The maximum absolute atomic E-state index is 11.8. The highest BCUT2D eigenvalue weighted by atomic mass is 16.5. The van der Waals surface area contributed by atoms with Gasteiger partial charge in [0.05, 0.1) is 0 Å². The van der Waals surface area contributed by atoms with Gasteiger partial charge in [-0.3, -0.25) is 4.79 Å². The Bertz CT molecular complexity index is 631. The highest BCUT2D eigenvalue weighted by Crippen LogP contribution is 2.20. The number of anilines is 1. The molecule has 7 heteroatoms. The maximum atomic E-state index is 11.8. The van der Waals surface area contributed by atoms with Crippen molar-refractivity contribution in [3.63, 3.8) is 0 Å². The lowest BCUT2D eigenvalue weighted by molar-refractivity contribution is -0.116. The minimum Gasteiger partial charge on any atom is -0.504 e. The Hall–Kier alpha value is -2.44. The first-order valence-electron chi connectivity index (χ1n) is 6.63. The Morgan fingerprint density at radius 2 is 2.19 bits per heavy atom. The summed E-state index contributed by atoms with van der Waals surface area (Å²) in [6.07, 6.45) is 1.99. The summed E-state index contributed by atoms with van der Waals surface area (Å²) in [6, 6.07) is 3.04. The molecule has 0 aliphatic rings. The zero-order valence-electron chi connectivity index (χ0n) is 12.3. The second-order valence-electron chi connectivity index (χ2n) is 5.68. The second-order valence-corrected chi connectivity index (χ2v) is 5.68. The van der Waals surface area contributed by atoms with Crippen LogP contribution in [0.5, 0.6) is 5.75 Å². The van der Waals surface area contributed by atoms with Crippen molar-refractivity contribution in [1.29, 1.82) is 0 Å². The van der Waals surface area contributed by atoms with Gasteiger partial charge >= 0.3 is 0 Å². The third-order valence-electron chi connectivity index (χ3n) is 2.75. The first-order valence-corrected chi connectivity index (χ1v) is 6.63. The molecule has 0 spiro atoms. The van der Waals surface area contributed by atoms with Crippen LogP contribution in [0.2, 0.25) is 0 Å². The summed E-state index contributed by atoms with van der Waals surface area (Å²) in [4.78, 5) is 19.9. The molecule has 0 fully saturated rings. The minimum absolute atomic E-state index is 0.0707. The van der Waals surface area contributed by atoms with Gasteiger partial charge < -0.3 is 14.9 Å². The zero-order valence-corrected chi connectivity index (χ0v) is 12.3. The first kappa shape index (κ1) is 15.0. The van der Waals surface area contributed by atoms with Crippen molar-refractivity contribution in [2.24, 2.45) is 0 Å². The summed E-state index contributed by atoms with van der Waals surface area (Å²) in [5.41, 5.74) is -0.191. The molecule has 0 aromatic carbocycles. The lowest BCUT2D eigenvalue weighted by atomic mass is 9.96. The van der Waals surface area contributed by atoms with E-state index in [1.54, 1.807) is 6.07 Å². The third kappa shape index (κ3) is 4.01. The smallest absolute Gasteiger partial charge is 0.227 e. The topological polar surface area (TPSA) is 101 Å². The number of aromatic hydroxyl groups is 1. The van der Waals surface area contributed by atoms with E-state index in [1.807, 2.05) is 20.8 Å². The molecule has 0 unspecified atom stereocenters. The Kier molecular flexibility index (Phi) is 4.21. The molecule has 2 aromatic rings. The molecule has 0 saturated heterocycles. The number of hydrogen-bond acceptors (Lipinski definition) is 6. The molecule has 0 radical (unpaired) electrons. The number of aryl methyl sites for hydroxylation is 1. The van der Waals surface area contributed by atoms with E-state index in [4.69, 9.17) is 4.52 Å². The summed E-state index contributed by atoms with van der Waals surface area (Å²) in [5.74, 6) is 0.821. The second kappa shape index (κ2) is 5.90. The average Bonchev–Trinajstić information content (AvgIpc) is 2.88. The van der Waals surface area contributed by atoms with Crippen molar-refractivity contribution in [3.05, 3.63) is 30.0 Å². The number of carbonyl (C=O) groups excluding carboxylic acids is 1. The molecule has 0 aliphatic heterocycles. The van der Waals surface area contributed by atoms with Crippen LogP contribution in [0.25, 0.3) is 0 Å². The molecule has 112 valence electrons. The molecule has 0 aliphatic carbocycles. The van der Waals surface area contributed by atoms with E-state index in [-0.39, 0.29) is 29.3 Å². The van der Waals surface area contributed by atoms with E-state index in [2.05, 4.69) is 20.4 Å².